The van der Waals surface area contributed by atoms with Crippen molar-refractivity contribution in [2.75, 3.05) is 46.4 Å². The monoisotopic (exact) mass is 520 g/mol. The Kier molecular flexibility index (Phi) is 12.0. The summed E-state index contributed by atoms with van der Waals surface area (Å²) in [6.45, 7) is 7.26. The van der Waals surface area contributed by atoms with Crippen molar-refractivity contribution >= 4 is 29.9 Å². The number of hydrogen-bond acceptors (Lipinski definition) is 3. The van der Waals surface area contributed by atoms with Gasteiger partial charge in [0, 0.05) is 32.8 Å². The lowest BCUT2D eigenvalue weighted by molar-refractivity contribution is -0.183. The van der Waals surface area contributed by atoms with Gasteiger partial charge >= 0.3 is 6.18 Å². The first kappa shape index (κ1) is 25.7. The van der Waals surface area contributed by atoms with Crippen LogP contribution in [0.25, 0.3) is 0 Å². The van der Waals surface area contributed by atoms with Crippen LogP contribution in [0, 0.1) is 11.8 Å². The minimum absolute atomic E-state index is 0. The highest BCUT2D eigenvalue weighted by Crippen LogP contribution is 2.37. The molecule has 1 aliphatic carbocycles. The van der Waals surface area contributed by atoms with E-state index in [-0.39, 0.29) is 42.9 Å². The summed E-state index contributed by atoms with van der Waals surface area (Å²) in [5.74, 6) is 0.00345. The highest BCUT2D eigenvalue weighted by molar-refractivity contribution is 14.0. The lowest BCUT2D eigenvalue weighted by atomic mass is 9.85. The van der Waals surface area contributed by atoms with Crippen LogP contribution >= 0.6 is 24.0 Å². The number of alkyl halides is 3. The first-order valence-electron chi connectivity index (χ1n) is 10.2. The van der Waals surface area contributed by atoms with E-state index >= 15 is 0 Å². The summed E-state index contributed by atoms with van der Waals surface area (Å²) in [4.78, 5) is 7.08. The summed E-state index contributed by atoms with van der Waals surface area (Å²) in [5, 5.41) is 6.44. The zero-order chi connectivity index (χ0) is 19.7. The van der Waals surface area contributed by atoms with Crippen molar-refractivity contribution in [3.63, 3.8) is 0 Å². The number of piperidine rings is 1. The SMILES string of the molecule is CCNC(=NCC1CCN(CCOC)CC1)NC1CCCC(C(F)(F)F)C1.I. The smallest absolute Gasteiger partial charge is 0.383 e. The van der Waals surface area contributed by atoms with Crippen LogP contribution in [0.15, 0.2) is 4.99 Å². The van der Waals surface area contributed by atoms with Crippen molar-refractivity contribution in [2.24, 2.45) is 16.8 Å². The highest BCUT2D eigenvalue weighted by atomic mass is 127. The summed E-state index contributed by atoms with van der Waals surface area (Å²) < 4.78 is 44.2. The van der Waals surface area contributed by atoms with Gasteiger partial charge in [0.1, 0.15) is 0 Å². The molecule has 2 unspecified atom stereocenters. The Morgan fingerprint density at radius 2 is 1.89 bits per heavy atom. The Bertz CT molecular complexity index is 457. The lowest BCUT2D eigenvalue weighted by Crippen LogP contribution is -2.47. The van der Waals surface area contributed by atoms with Crippen molar-refractivity contribution in [1.82, 2.24) is 15.5 Å². The molecular weight excluding hydrogens is 484 g/mol. The molecule has 2 N–H and O–H groups in total. The summed E-state index contributed by atoms with van der Waals surface area (Å²) in [7, 11) is 1.72. The molecule has 5 nitrogen and oxygen atoms in total. The predicted octanol–water partition coefficient (Wildman–Crippen LogP) is 3.64. The normalized spacial score (nSPS) is 25.2. The van der Waals surface area contributed by atoms with Gasteiger partial charge in [-0.25, -0.2) is 0 Å². The molecule has 2 fully saturated rings. The van der Waals surface area contributed by atoms with E-state index in [0.717, 1.165) is 52.0 Å². The standard InChI is InChI=1S/C19H35F3N4O.HI/c1-3-23-18(25-17-6-4-5-16(13-17)19(20,21)22)24-14-15-7-9-26(10-8-15)11-12-27-2;/h15-17H,3-14H2,1-2H3,(H2,23,24,25);1H. The predicted molar refractivity (Wildman–Crippen MR) is 117 cm³/mol. The lowest BCUT2D eigenvalue weighted by Gasteiger charge is -2.32. The second kappa shape index (κ2) is 13.1. The molecular formula is C19H36F3IN4O. The van der Waals surface area contributed by atoms with E-state index in [0.29, 0.717) is 24.8 Å². The van der Waals surface area contributed by atoms with Crippen molar-refractivity contribution in [3.8, 4) is 0 Å². The second-order valence-electron chi connectivity index (χ2n) is 7.74. The number of halogens is 4. The molecule has 28 heavy (non-hydrogen) atoms. The molecule has 1 aliphatic heterocycles. The molecule has 1 saturated carbocycles. The topological polar surface area (TPSA) is 48.9 Å². The van der Waals surface area contributed by atoms with Gasteiger partial charge in [0.15, 0.2) is 5.96 Å². The number of nitrogens with zero attached hydrogens (tertiary/aromatic N) is 2. The molecule has 1 saturated heterocycles. The summed E-state index contributed by atoms with van der Waals surface area (Å²) in [5.41, 5.74) is 0. The van der Waals surface area contributed by atoms with Crippen molar-refractivity contribution in [2.45, 2.75) is 57.7 Å². The van der Waals surface area contributed by atoms with E-state index in [1.807, 2.05) is 6.92 Å². The Labute approximate surface area is 184 Å². The summed E-state index contributed by atoms with van der Waals surface area (Å²) in [6.07, 6.45) is -0.107. The van der Waals surface area contributed by atoms with Crippen molar-refractivity contribution < 1.29 is 17.9 Å². The molecule has 2 atom stereocenters. The number of ether oxygens (including phenoxy) is 1. The summed E-state index contributed by atoms with van der Waals surface area (Å²) >= 11 is 0. The van der Waals surface area contributed by atoms with Gasteiger partial charge in [0.2, 0.25) is 0 Å². The number of methoxy groups -OCH3 is 1. The molecule has 0 amide bonds. The third-order valence-electron chi connectivity index (χ3n) is 5.65. The molecule has 0 bridgehead atoms. The third-order valence-corrected chi connectivity index (χ3v) is 5.65. The molecule has 166 valence electrons. The molecule has 0 radical (unpaired) electrons. The Balaban J connectivity index is 0.00000392. The maximum absolute atomic E-state index is 13.0. The zero-order valence-corrected chi connectivity index (χ0v) is 19.4. The first-order valence-corrected chi connectivity index (χ1v) is 10.2. The van der Waals surface area contributed by atoms with Crippen LogP contribution in [0.5, 0.6) is 0 Å². The van der Waals surface area contributed by atoms with E-state index in [1.165, 1.54) is 0 Å². The second-order valence-corrected chi connectivity index (χ2v) is 7.74. The number of rotatable bonds is 7. The molecule has 0 aromatic heterocycles. The van der Waals surface area contributed by atoms with Crippen LogP contribution in [-0.4, -0.2) is 69.5 Å². The first-order chi connectivity index (χ1) is 12.9. The number of nitrogens with one attached hydrogen (secondary N) is 2. The van der Waals surface area contributed by atoms with Crippen LogP contribution in [0.3, 0.4) is 0 Å². The van der Waals surface area contributed by atoms with Crippen molar-refractivity contribution in [1.29, 1.82) is 0 Å². The summed E-state index contributed by atoms with van der Waals surface area (Å²) in [6, 6.07) is -0.154. The molecule has 9 heteroatoms. The van der Waals surface area contributed by atoms with Gasteiger partial charge in [0.05, 0.1) is 12.5 Å². The van der Waals surface area contributed by atoms with Crippen LogP contribution in [0.1, 0.15) is 45.4 Å². The maximum Gasteiger partial charge on any atom is 0.391 e. The Morgan fingerprint density at radius 1 is 1.18 bits per heavy atom. The van der Waals surface area contributed by atoms with E-state index in [4.69, 9.17) is 4.74 Å². The quantitative estimate of drug-likeness (QED) is 0.306. The average molecular weight is 520 g/mol. The minimum atomic E-state index is -4.09. The maximum atomic E-state index is 13.0. The van der Waals surface area contributed by atoms with E-state index in [1.54, 1.807) is 7.11 Å². The molecule has 2 aliphatic rings. The molecule has 2 rings (SSSR count). The fourth-order valence-electron chi connectivity index (χ4n) is 3.96. The number of hydrogen-bond donors (Lipinski definition) is 2. The van der Waals surface area contributed by atoms with Gasteiger partial charge < -0.3 is 20.3 Å². The van der Waals surface area contributed by atoms with Gasteiger partial charge in [-0.1, -0.05) is 6.42 Å². The minimum Gasteiger partial charge on any atom is -0.383 e. The number of guanidine groups is 1. The van der Waals surface area contributed by atoms with Crippen LogP contribution in [0.2, 0.25) is 0 Å². The molecule has 0 spiro atoms. The molecule has 0 aromatic rings. The van der Waals surface area contributed by atoms with Gasteiger partial charge in [0.25, 0.3) is 0 Å². The fourth-order valence-corrected chi connectivity index (χ4v) is 3.96. The Morgan fingerprint density at radius 3 is 2.50 bits per heavy atom. The van der Waals surface area contributed by atoms with Crippen LogP contribution < -0.4 is 10.6 Å². The Hall–Kier alpha value is -0.290. The third kappa shape index (κ3) is 9.02. The molecule has 0 aromatic carbocycles. The fraction of sp³-hybridized carbons (Fsp3) is 0.947. The largest absolute Gasteiger partial charge is 0.391 e. The van der Waals surface area contributed by atoms with E-state index < -0.39 is 12.1 Å². The van der Waals surface area contributed by atoms with E-state index in [9.17, 15) is 13.2 Å². The van der Waals surface area contributed by atoms with Crippen molar-refractivity contribution in [3.05, 3.63) is 0 Å². The van der Waals surface area contributed by atoms with Gasteiger partial charge in [-0.05, 0) is 58.0 Å². The molecule has 1 heterocycles. The van der Waals surface area contributed by atoms with Gasteiger partial charge in [-0.15, -0.1) is 24.0 Å². The number of likely N-dealkylation sites (tertiary alicyclic amines) is 1. The van der Waals surface area contributed by atoms with Gasteiger partial charge in [-0.2, -0.15) is 13.2 Å². The average Bonchev–Trinajstić information content (AvgIpc) is 2.65. The zero-order valence-electron chi connectivity index (χ0n) is 17.1. The van der Waals surface area contributed by atoms with E-state index in [2.05, 4.69) is 20.5 Å². The number of aliphatic imine (C=N–C) groups is 1. The van der Waals surface area contributed by atoms with Gasteiger partial charge in [-0.3, -0.25) is 4.99 Å². The van der Waals surface area contributed by atoms with Crippen LogP contribution in [0.4, 0.5) is 13.2 Å². The van der Waals surface area contributed by atoms with Crippen LogP contribution in [-0.2, 0) is 4.74 Å². The highest BCUT2D eigenvalue weighted by Gasteiger charge is 2.42.